The molecule has 2 nitrogen and oxygen atoms in total. The van der Waals surface area contributed by atoms with Gasteiger partial charge in [-0.25, -0.2) is 0 Å². The Bertz CT molecular complexity index is 330. The van der Waals surface area contributed by atoms with Gasteiger partial charge in [-0.1, -0.05) is 37.6 Å². The van der Waals surface area contributed by atoms with E-state index in [2.05, 4.69) is 6.92 Å². The molecule has 0 aliphatic heterocycles. The molecule has 2 heteroatoms. The zero-order valence-electron chi connectivity index (χ0n) is 9.31. The van der Waals surface area contributed by atoms with Crippen LogP contribution in [-0.2, 0) is 4.79 Å². The molecule has 0 aliphatic carbocycles. The first-order valence-electron chi connectivity index (χ1n) is 5.25. The molecule has 1 aromatic carbocycles. The minimum absolute atomic E-state index is 0.0228. The maximum Gasteiger partial charge on any atom is 0.250 e. The van der Waals surface area contributed by atoms with Crippen molar-refractivity contribution in [1.82, 2.24) is 0 Å². The highest BCUT2D eigenvalue weighted by atomic mass is 16.2. The zero-order valence-corrected chi connectivity index (χ0v) is 9.31. The van der Waals surface area contributed by atoms with E-state index in [4.69, 9.17) is 0 Å². The molecule has 0 N–H and O–H groups in total. The number of carbonyl (C=O) groups is 1. The number of hydrogen-bond acceptors (Lipinski definition) is 1. The summed E-state index contributed by atoms with van der Waals surface area (Å²) in [5.41, 5.74) is 0.920. The summed E-state index contributed by atoms with van der Waals surface area (Å²) < 4.78 is 0. The summed E-state index contributed by atoms with van der Waals surface area (Å²) in [4.78, 5) is 13.3. The molecule has 1 amide bonds. The van der Waals surface area contributed by atoms with Crippen LogP contribution in [0.1, 0.15) is 19.8 Å². The zero-order chi connectivity index (χ0) is 11.1. The number of anilines is 1. The lowest BCUT2D eigenvalue weighted by molar-refractivity contribution is -0.113. The fourth-order valence-corrected chi connectivity index (χ4v) is 1.24. The van der Waals surface area contributed by atoms with Crippen LogP contribution in [0.4, 0.5) is 5.69 Å². The van der Waals surface area contributed by atoms with Gasteiger partial charge in [0.15, 0.2) is 0 Å². The molecule has 0 saturated carbocycles. The standard InChI is InChI=1S/C13H17NO/c1-3-4-6-11-13(15)14(2)12-9-7-5-8-10-12/h5-11H,3-4H2,1-2H3/b11-6+. The van der Waals surface area contributed by atoms with Gasteiger partial charge >= 0.3 is 0 Å². The van der Waals surface area contributed by atoms with Crippen molar-refractivity contribution < 1.29 is 4.79 Å². The molecule has 0 radical (unpaired) electrons. The van der Waals surface area contributed by atoms with E-state index in [9.17, 15) is 4.79 Å². The van der Waals surface area contributed by atoms with E-state index in [-0.39, 0.29) is 5.91 Å². The number of benzene rings is 1. The molecule has 0 atom stereocenters. The average Bonchev–Trinajstić information content (AvgIpc) is 2.29. The summed E-state index contributed by atoms with van der Waals surface area (Å²) in [6, 6.07) is 9.63. The molecule has 0 aromatic heterocycles. The average molecular weight is 203 g/mol. The van der Waals surface area contributed by atoms with Crippen molar-refractivity contribution in [3.63, 3.8) is 0 Å². The van der Waals surface area contributed by atoms with Crippen molar-refractivity contribution in [3.05, 3.63) is 42.5 Å². The molecule has 0 heterocycles. The van der Waals surface area contributed by atoms with Crippen LogP contribution in [-0.4, -0.2) is 13.0 Å². The summed E-state index contributed by atoms with van der Waals surface area (Å²) in [6.45, 7) is 2.09. The minimum Gasteiger partial charge on any atom is -0.312 e. The third-order valence-corrected chi connectivity index (χ3v) is 2.19. The van der Waals surface area contributed by atoms with Crippen LogP contribution in [0.2, 0.25) is 0 Å². The van der Waals surface area contributed by atoms with Crippen molar-refractivity contribution in [2.75, 3.05) is 11.9 Å². The van der Waals surface area contributed by atoms with Crippen LogP contribution in [0.5, 0.6) is 0 Å². The Hall–Kier alpha value is -1.57. The van der Waals surface area contributed by atoms with Crippen LogP contribution in [0.15, 0.2) is 42.5 Å². The number of nitrogens with zero attached hydrogens (tertiary/aromatic N) is 1. The molecule has 1 rings (SSSR count). The first kappa shape index (κ1) is 11.5. The van der Waals surface area contributed by atoms with Gasteiger partial charge in [0.2, 0.25) is 5.91 Å². The second-order valence-electron chi connectivity index (χ2n) is 3.42. The van der Waals surface area contributed by atoms with E-state index in [1.54, 1.807) is 18.0 Å². The van der Waals surface area contributed by atoms with Gasteiger partial charge in [-0.3, -0.25) is 4.79 Å². The van der Waals surface area contributed by atoms with E-state index in [0.29, 0.717) is 0 Å². The molecule has 0 bridgehead atoms. The minimum atomic E-state index is 0.0228. The quantitative estimate of drug-likeness (QED) is 0.689. The van der Waals surface area contributed by atoms with Gasteiger partial charge in [0, 0.05) is 12.7 Å². The molecule has 0 unspecified atom stereocenters. The number of unbranched alkanes of at least 4 members (excludes halogenated alkanes) is 1. The van der Waals surface area contributed by atoms with Gasteiger partial charge in [0.25, 0.3) is 0 Å². The Balaban J connectivity index is 2.61. The van der Waals surface area contributed by atoms with Crippen LogP contribution in [0, 0.1) is 0 Å². The van der Waals surface area contributed by atoms with Crippen LogP contribution < -0.4 is 4.90 Å². The van der Waals surface area contributed by atoms with E-state index >= 15 is 0 Å². The molecule has 15 heavy (non-hydrogen) atoms. The maximum atomic E-state index is 11.7. The third-order valence-electron chi connectivity index (χ3n) is 2.19. The molecule has 0 aliphatic rings. The number of hydrogen-bond donors (Lipinski definition) is 0. The van der Waals surface area contributed by atoms with Crippen molar-refractivity contribution in [2.45, 2.75) is 19.8 Å². The Morgan fingerprint density at radius 3 is 2.60 bits per heavy atom. The summed E-state index contributed by atoms with van der Waals surface area (Å²) in [7, 11) is 1.79. The second-order valence-corrected chi connectivity index (χ2v) is 3.42. The normalized spacial score (nSPS) is 10.5. The first-order valence-corrected chi connectivity index (χ1v) is 5.25. The van der Waals surface area contributed by atoms with Gasteiger partial charge in [0.05, 0.1) is 0 Å². The summed E-state index contributed by atoms with van der Waals surface area (Å²) in [5, 5.41) is 0. The molecular weight excluding hydrogens is 186 g/mol. The number of carbonyl (C=O) groups excluding carboxylic acids is 1. The Morgan fingerprint density at radius 2 is 2.00 bits per heavy atom. The Labute approximate surface area is 91.2 Å². The smallest absolute Gasteiger partial charge is 0.250 e. The highest BCUT2D eigenvalue weighted by Gasteiger charge is 2.05. The van der Waals surface area contributed by atoms with Crippen molar-refractivity contribution in [2.24, 2.45) is 0 Å². The van der Waals surface area contributed by atoms with E-state index in [1.165, 1.54) is 0 Å². The lowest BCUT2D eigenvalue weighted by Gasteiger charge is -2.14. The topological polar surface area (TPSA) is 20.3 Å². The predicted molar refractivity (Wildman–Crippen MR) is 63.9 cm³/mol. The van der Waals surface area contributed by atoms with Crippen LogP contribution in [0.3, 0.4) is 0 Å². The molecular formula is C13H17NO. The number of para-hydroxylation sites is 1. The highest BCUT2D eigenvalue weighted by molar-refractivity contribution is 6.00. The SMILES string of the molecule is CCC/C=C/C(=O)N(C)c1ccccc1. The number of allylic oxidation sites excluding steroid dienone is 1. The van der Waals surface area contributed by atoms with Gasteiger partial charge in [-0.15, -0.1) is 0 Å². The van der Waals surface area contributed by atoms with E-state index < -0.39 is 0 Å². The maximum absolute atomic E-state index is 11.7. The Morgan fingerprint density at radius 1 is 1.33 bits per heavy atom. The fourth-order valence-electron chi connectivity index (χ4n) is 1.24. The summed E-state index contributed by atoms with van der Waals surface area (Å²) in [5.74, 6) is 0.0228. The Kier molecular flexibility index (Phi) is 4.61. The van der Waals surface area contributed by atoms with Crippen LogP contribution in [0.25, 0.3) is 0 Å². The summed E-state index contributed by atoms with van der Waals surface area (Å²) in [6.07, 6.45) is 5.57. The van der Waals surface area contributed by atoms with E-state index in [0.717, 1.165) is 18.5 Å². The lowest BCUT2D eigenvalue weighted by Crippen LogP contribution is -2.23. The molecule has 0 saturated heterocycles. The van der Waals surface area contributed by atoms with E-state index in [1.807, 2.05) is 36.4 Å². The molecule has 1 aromatic rings. The molecule has 0 fully saturated rings. The van der Waals surface area contributed by atoms with Crippen molar-refractivity contribution in [1.29, 1.82) is 0 Å². The largest absolute Gasteiger partial charge is 0.312 e. The molecule has 80 valence electrons. The lowest BCUT2D eigenvalue weighted by atomic mass is 10.2. The summed E-state index contributed by atoms with van der Waals surface area (Å²) >= 11 is 0. The first-order chi connectivity index (χ1) is 7.25. The monoisotopic (exact) mass is 203 g/mol. The number of rotatable bonds is 4. The van der Waals surface area contributed by atoms with Gasteiger partial charge in [-0.05, 0) is 24.6 Å². The highest BCUT2D eigenvalue weighted by Crippen LogP contribution is 2.11. The second kappa shape index (κ2) is 6.02. The molecule has 0 spiro atoms. The number of amides is 1. The van der Waals surface area contributed by atoms with Crippen molar-refractivity contribution >= 4 is 11.6 Å². The van der Waals surface area contributed by atoms with Gasteiger partial charge in [0.1, 0.15) is 0 Å². The van der Waals surface area contributed by atoms with Crippen LogP contribution >= 0.6 is 0 Å². The fraction of sp³-hybridized carbons (Fsp3) is 0.308. The van der Waals surface area contributed by atoms with Gasteiger partial charge < -0.3 is 4.90 Å². The third kappa shape index (κ3) is 3.58. The predicted octanol–water partition coefficient (Wildman–Crippen LogP) is 3.01. The van der Waals surface area contributed by atoms with Crippen molar-refractivity contribution in [3.8, 4) is 0 Å². The van der Waals surface area contributed by atoms with Gasteiger partial charge in [-0.2, -0.15) is 0 Å². The number of likely N-dealkylation sites (N-methyl/N-ethyl adjacent to an activating group) is 1.